The molecule has 3 heterocycles. The highest BCUT2D eigenvalue weighted by Crippen LogP contribution is 2.40. The summed E-state index contributed by atoms with van der Waals surface area (Å²) < 4.78 is 4.66. The molecule has 3 aromatic heterocycles. The van der Waals surface area contributed by atoms with Gasteiger partial charge in [0.15, 0.2) is 5.82 Å². The Hall–Kier alpha value is -6.78. The third-order valence-electron chi connectivity index (χ3n) is 9.79. The van der Waals surface area contributed by atoms with Gasteiger partial charge in [-0.3, -0.25) is 0 Å². The fourth-order valence-electron chi connectivity index (χ4n) is 7.44. The van der Waals surface area contributed by atoms with Gasteiger partial charge in [0.05, 0.1) is 27.9 Å². The van der Waals surface area contributed by atoms with E-state index in [1.54, 1.807) is 0 Å². The largest absolute Gasteiger partial charge is 0.317 e. The van der Waals surface area contributed by atoms with Gasteiger partial charge in [0.1, 0.15) is 0 Å². The van der Waals surface area contributed by atoms with Crippen molar-refractivity contribution in [2.75, 3.05) is 0 Å². The van der Waals surface area contributed by atoms with Crippen molar-refractivity contribution < 1.29 is 0 Å². The maximum atomic E-state index is 5.05. The molecule has 4 heteroatoms. The van der Waals surface area contributed by atoms with Crippen LogP contribution < -0.4 is 0 Å². The van der Waals surface area contributed by atoms with Crippen LogP contribution in [-0.4, -0.2) is 19.1 Å². The summed E-state index contributed by atoms with van der Waals surface area (Å²) >= 11 is 0. The van der Waals surface area contributed by atoms with Crippen molar-refractivity contribution in [3.8, 4) is 45.3 Å². The summed E-state index contributed by atoms with van der Waals surface area (Å²) in [5.74, 6) is 0.716. The standard InChI is InChI=1S/C46H30N4/c1-4-12-31(13-5-1)40-30-41(48-46(47-40)33-14-6-2-7-15-33)32-20-22-35(23-21-32)50-43-19-11-10-18-39(43)45-38-25-26-42-37(36(38)24-27-44(45)50)28-29-49(42)34-16-8-3-9-17-34/h1-30H. The second-order valence-electron chi connectivity index (χ2n) is 12.7. The molecule has 4 nitrogen and oxygen atoms in total. The zero-order valence-electron chi connectivity index (χ0n) is 27.1. The van der Waals surface area contributed by atoms with Gasteiger partial charge in [0, 0.05) is 50.4 Å². The fourth-order valence-corrected chi connectivity index (χ4v) is 7.44. The molecular weight excluding hydrogens is 609 g/mol. The molecule has 10 rings (SSSR count). The Morgan fingerprint density at radius 3 is 1.70 bits per heavy atom. The third kappa shape index (κ3) is 4.54. The third-order valence-corrected chi connectivity index (χ3v) is 9.79. The average Bonchev–Trinajstić information content (AvgIpc) is 3.79. The molecule has 234 valence electrons. The molecular formula is C46H30N4. The number of para-hydroxylation sites is 2. The van der Waals surface area contributed by atoms with Crippen LogP contribution >= 0.6 is 0 Å². The molecule has 0 aliphatic rings. The zero-order valence-corrected chi connectivity index (χ0v) is 27.1. The summed E-state index contributed by atoms with van der Waals surface area (Å²) in [6.45, 7) is 0. The molecule has 0 fully saturated rings. The van der Waals surface area contributed by atoms with Crippen LogP contribution in [0.4, 0.5) is 0 Å². The van der Waals surface area contributed by atoms with E-state index in [1.165, 1.54) is 43.5 Å². The van der Waals surface area contributed by atoms with Crippen LogP contribution in [0, 0.1) is 0 Å². The van der Waals surface area contributed by atoms with Crippen molar-refractivity contribution in [2.45, 2.75) is 0 Å². The number of rotatable bonds is 5. The zero-order chi connectivity index (χ0) is 33.0. The highest BCUT2D eigenvalue weighted by molar-refractivity contribution is 6.25. The first-order chi connectivity index (χ1) is 24.8. The Morgan fingerprint density at radius 2 is 0.960 bits per heavy atom. The van der Waals surface area contributed by atoms with E-state index in [0.717, 1.165) is 39.5 Å². The molecule has 50 heavy (non-hydrogen) atoms. The lowest BCUT2D eigenvalue weighted by Crippen LogP contribution is -1.97. The topological polar surface area (TPSA) is 35.6 Å². The molecule has 10 aromatic rings. The molecule has 0 unspecified atom stereocenters. The molecule has 7 aromatic carbocycles. The first-order valence-corrected chi connectivity index (χ1v) is 16.9. The lowest BCUT2D eigenvalue weighted by atomic mass is 10.0. The Kier molecular flexibility index (Phi) is 6.46. The predicted octanol–water partition coefficient (Wildman–Crippen LogP) is 11.7. The SMILES string of the molecule is c1ccc(-c2cc(-c3ccc(-n4c5ccccc5c5c6ccc7c(ccn7-c7ccccc7)c6ccc54)cc3)nc(-c3ccccc3)n2)cc1. The Morgan fingerprint density at radius 1 is 0.360 bits per heavy atom. The maximum Gasteiger partial charge on any atom is 0.160 e. The number of nitrogens with zero attached hydrogens (tertiary/aromatic N) is 4. The Bertz CT molecular complexity index is 2770. The second kappa shape index (κ2) is 11.4. The minimum absolute atomic E-state index is 0.716. The van der Waals surface area contributed by atoms with Gasteiger partial charge >= 0.3 is 0 Å². The minimum Gasteiger partial charge on any atom is -0.317 e. The van der Waals surface area contributed by atoms with Gasteiger partial charge in [-0.2, -0.15) is 0 Å². The van der Waals surface area contributed by atoms with Gasteiger partial charge in [-0.25, -0.2) is 9.97 Å². The molecule has 0 saturated heterocycles. The molecule has 0 aliphatic heterocycles. The Labute approximate surface area is 289 Å². The van der Waals surface area contributed by atoms with Crippen LogP contribution in [0.15, 0.2) is 182 Å². The number of hydrogen-bond donors (Lipinski definition) is 0. The van der Waals surface area contributed by atoms with Crippen LogP contribution in [0.3, 0.4) is 0 Å². The number of benzene rings is 7. The molecule has 0 bridgehead atoms. The van der Waals surface area contributed by atoms with E-state index in [1.807, 2.05) is 36.4 Å². The molecule has 0 aliphatic carbocycles. The van der Waals surface area contributed by atoms with E-state index >= 15 is 0 Å². The normalized spacial score (nSPS) is 11.6. The van der Waals surface area contributed by atoms with Crippen molar-refractivity contribution >= 4 is 43.5 Å². The van der Waals surface area contributed by atoms with Crippen molar-refractivity contribution in [1.82, 2.24) is 19.1 Å². The van der Waals surface area contributed by atoms with Crippen LogP contribution in [0.2, 0.25) is 0 Å². The van der Waals surface area contributed by atoms with Gasteiger partial charge in [0.2, 0.25) is 0 Å². The molecule has 0 radical (unpaired) electrons. The van der Waals surface area contributed by atoms with E-state index in [9.17, 15) is 0 Å². The fraction of sp³-hybridized carbons (Fsp3) is 0. The summed E-state index contributed by atoms with van der Waals surface area (Å²) in [6.07, 6.45) is 2.18. The van der Waals surface area contributed by atoms with Gasteiger partial charge in [-0.05, 0) is 65.4 Å². The molecule has 0 saturated carbocycles. The summed E-state index contributed by atoms with van der Waals surface area (Å²) in [6, 6.07) is 62.1. The highest BCUT2D eigenvalue weighted by Gasteiger charge is 2.17. The van der Waals surface area contributed by atoms with Crippen LogP contribution in [0.1, 0.15) is 0 Å². The first-order valence-electron chi connectivity index (χ1n) is 16.9. The monoisotopic (exact) mass is 638 g/mol. The first kappa shape index (κ1) is 28.3. The van der Waals surface area contributed by atoms with E-state index in [0.29, 0.717) is 5.82 Å². The van der Waals surface area contributed by atoms with Gasteiger partial charge in [-0.1, -0.05) is 121 Å². The Balaban J connectivity index is 1.12. The quantitative estimate of drug-likeness (QED) is 0.188. The second-order valence-corrected chi connectivity index (χ2v) is 12.7. The van der Waals surface area contributed by atoms with Crippen LogP contribution in [0.5, 0.6) is 0 Å². The van der Waals surface area contributed by atoms with Crippen molar-refractivity contribution in [3.05, 3.63) is 182 Å². The minimum atomic E-state index is 0.716. The molecule has 0 amide bonds. The van der Waals surface area contributed by atoms with E-state index in [-0.39, 0.29) is 0 Å². The lowest BCUT2D eigenvalue weighted by molar-refractivity contribution is 1.13. The van der Waals surface area contributed by atoms with Gasteiger partial charge in [-0.15, -0.1) is 0 Å². The van der Waals surface area contributed by atoms with Crippen molar-refractivity contribution in [1.29, 1.82) is 0 Å². The van der Waals surface area contributed by atoms with E-state index in [2.05, 4.69) is 155 Å². The van der Waals surface area contributed by atoms with Crippen molar-refractivity contribution in [2.24, 2.45) is 0 Å². The highest BCUT2D eigenvalue weighted by atomic mass is 15.0. The smallest absolute Gasteiger partial charge is 0.160 e. The summed E-state index contributed by atoms with van der Waals surface area (Å²) in [7, 11) is 0. The van der Waals surface area contributed by atoms with Crippen molar-refractivity contribution in [3.63, 3.8) is 0 Å². The van der Waals surface area contributed by atoms with Gasteiger partial charge in [0.25, 0.3) is 0 Å². The maximum absolute atomic E-state index is 5.05. The summed E-state index contributed by atoms with van der Waals surface area (Å²) in [5, 5.41) is 6.29. The molecule has 0 spiro atoms. The average molecular weight is 639 g/mol. The van der Waals surface area contributed by atoms with Gasteiger partial charge < -0.3 is 9.13 Å². The summed E-state index contributed by atoms with van der Waals surface area (Å²) in [4.78, 5) is 10.0. The molecule has 0 N–H and O–H groups in total. The van der Waals surface area contributed by atoms with Crippen LogP contribution in [-0.2, 0) is 0 Å². The predicted molar refractivity (Wildman–Crippen MR) is 207 cm³/mol. The van der Waals surface area contributed by atoms with E-state index < -0.39 is 0 Å². The molecule has 0 atom stereocenters. The number of fused-ring (bicyclic) bond motifs is 7. The van der Waals surface area contributed by atoms with Crippen LogP contribution in [0.25, 0.3) is 88.8 Å². The lowest BCUT2D eigenvalue weighted by Gasteiger charge is -2.12. The number of aromatic nitrogens is 4. The van der Waals surface area contributed by atoms with E-state index in [4.69, 9.17) is 9.97 Å². The summed E-state index contributed by atoms with van der Waals surface area (Å²) in [5.41, 5.74) is 10.8. The number of hydrogen-bond acceptors (Lipinski definition) is 2.